The van der Waals surface area contributed by atoms with Crippen LogP contribution in [0.3, 0.4) is 0 Å². The first-order chi connectivity index (χ1) is 9.29. The van der Waals surface area contributed by atoms with Crippen molar-refractivity contribution < 1.29 is 14.1 Å². The summed E-state index contributed by atoms with van der Waals surface area (Å²) in [6, 6.07) is 3.49. The van der Waals surface area contributed by atoms with Crippen molar-refractivity contribution in [1.82, 2.24) is 4.90 Å². The van der Waals surface area contributed by atoms with Gasteiger partial charge in [0.2, 0.25) is 0 Å². The maximum absolute atomic E-state index is 14.0. The van der Waals surface area contributed by atoms with E-state index in [0.29, 0.717) is 0 Å². The summed E-state index contributed by atoms with van der Waals surface area (Å²) < 4.78 is 14.0. The summed E-state index contributed by atoms with van der Waals surface area (Å²) in [5.74, 6) is -1.46. The second-order valence-electron chi connectivity index (χ2n) is 4.51. The summed E-state index contributed by atoms with van der Waals surface area (Å²) in [6.45, 7) is 3.00. The van der Waals surface area contributed by atoms with Gasteiger partial charge in [0.05, 0.1) is 23.0 Å². The highest BCUT2D eigenvalue weighted by Gasteiger charge is 2.24. The number of carbonyl (C=O) groups excluding carboxylic acids is 1. The predicted molar refractivity (Wildman–Crippen MR) is 69.6 cm³/mol. The molecular formula is C13H14FN3O3. The summed E-state index contributed by atoms with van der Waals surface area (Å²) in [7, 11) is 1.43. The average Bonchev–Trinajstić information content (AvgIpc) is 2.40. The van der Waals surface area contributed by atoms with Gasteiger partial charge >= 0.3 is 0 Å². The maximum Gasteiger partial charge on any atom is 0.270 e. The highest BCUT2D eigenvalue weighted by atomic mass is 19.1. The van der Waals surface area contributed by atoms with Crippen LogP contribution < -0.4 is 0 Å². The van der Waals surface area contributed by atoms with Gasteiger partial charge in [0.1, 0.15) is 5.82 Å². The molecule has 0 saturated carbocycles. The Kier molecular flexibility index (Phi) is 4.75. The predicted octanol–water partition coefficient (Wildman–Crippen LogP) is 2.42. The number of nitrogens with zero attached hydrogens (tertiary/aromatic N) is 3. The van der Waals surface area contributed by atoms with Gasteiger partial charge in [0.25, 0.3) is 11.6 Å². The lowest BCUT2D eigenvalue weighted by atomic mass is 10.1. The molecular weight excluding hydrogens is 265 g/mol. The fourth-order valence-corrected chi connectivity index (χ4v) is 1.67. The number of carbonyl (C=O) groups is 1. The van der Waals surface area contributed by atoms with Gasteiger partial charge in [-0.3, -0.25) is 14.9 Å². The molecule has 1 atom stereocenters. The van der Waals surface area contributed by atoms with Crippen LogP contribution in [0.5, 0.6) is 0 Å². The van der Waals surface area contributed by atoms with Gasteiger partial charge in [-0.2, -0.15) is 5.26 Å². The van der Waals surface area contributed by atoms with Crippen LogP contribution in [0.2, 0.25) is 0 Å². The van der Waals surface area contributed by atoms with Gasteiger partial charge in [-0.05, 0) is 19.4 Å². The average molecular weight is 279 g/mol. The normalized spacial score (nSPS) is 11.6. The Morgan fingerprint density at radius 1 is 1.60 bits per heavy atom. The zero-order valence-corrected chi connectivity index (χ0v) is 11.4. The van der Waals surface area contributed by atoms with Crippen molar-refractivity contribution in [1.29, 1.82) is 5.26 Å². The number of rotatable bonds is 4. The van der Waals surface area contributed by atoms with E-state index in [4.69, 9.17) is 5.26 Å². The Bertz CT molecular complexity index is 595. The smallest absolute Gasteiger partial charge is 0.270 e. The number of hydrogen-bond donors (Lipinski definition) is 0. The molecule has 1 rings (SSSR count). The van der Waals surface area contributed by atoms with E-state index in [2.05, 4.69) is 0 Å². The molecule has 0 fully saturated rings. The minimum atomic E-state index is -0.781. The lowest BCUT2D eigenvalue weighted by molar-refractivity contribution is -0.385. The van der Waals surface area contributed by atoms with Crippen molar-refractivity contribution in [2.75, 3.05) is 7.05 Å². The molecule has 1 aromatic carbocycles. The van der Waals surface area contributed by atoms with Crippen LogP contribution in [0.15, 0.2) is 12.1 Å². The molecule has 0 radical (unpaired) electrons. The summed E-state index contributed by atoms with van der Waals surface area (Å²) >= 11 is 0. The Labute approximate surface area is 115 Å². The third-order valence-electron chi connectivity index (χ3n) is 3.05. The van der Waals surface area contributed by atoms with E-state index < -0.39 is 22.7 Å². The number of halogens is 1. The van der Waals surface area contributed by atoms with E-state index in [9.17, 15) is 19.3 Å². The molecule has 106 valence electrons. The molecule has 0 saturated heterocycles. The minimum Gasteiger partial charge on any atom is -0.338 e. The van der Waals surface area contributed by atoms with Crippen LogP contribution >= 0.6 is 0 Å². The fraction of sp³-hybridized carbons (Fsp3) is 0.385. The number of aryl methyl sites for hydroxylation is 1. The maximum atomic E-state index is 14.0. The number of non-ortho nitro benzene ring substituents is 1. The van der Waals surface area contributed by atoms with Crippen molar-refractivity contribution in [2.45, 2.75) is 26.3 Å². The van der Waals surface area contributed by atoms with E-state index in [-0.39, 0.29) is 23.2 Å². The van der Waals surface area contributed by atoms with E-state index >= 15 is 0 Å². The monoisotopic (exact) mass is 279 g/mol. The highest BCUT2D eigenvalue weighted by molar-refractivity contribution is 5.95. The van der Waals surface area contributed by atoms with Gasteiger partial charge in [-0.1, -0.05) is 0 Å². The molecule has 0 N–H and O–H groups in total. The molecule has 0 aliphatic carbocycles. The van der Waals surface area contributed by atoms with Gasteiger partial charge in [0.15, 0.2) is 0 Å². The van der Waals surface area contributed by atoms with Gasteiger partial charge in [-0.25, -0.2) is 4.39 Å². The van der Waals surface area contributed by atoms with Gasteiger partial charge < -0.3 is 4.90 Å². The van der Waals surface area contributed by atoms with Gasteiger partial charge in [0, 0.05) is 25.2 Å². The largest absolute Gasteiger partial charge is 0.338 e. The molecule has 6 nitrogen and oxygen atoms in total. The van der Waals surface area contributed by atoms with E-state index in [1.807, 2.05) is 6.07 Å². The number of nitro groups is 1. The number of benzene rings is 1. The zero-order chi connectivity index (χ0) is 15.4. The first-order valence-corrected chi connectivity index (χ1v) is 5.88. The minimum absolute atomic E-state index is 0.0314. The van der Waals surface area contributed by atoms with E-state index in [0.717, 1.165) is 12.1 Å². The van der Waals surface area contributed by atoms with Crippen LogP contribution in [0, 0.1) is 34.2 Å². The molecule has 0 aliphatic heterocycles. The van der Waals surface area contributed by atoms with E-state index in [1.54, 1.807) is 6.92 Å². The molecule has 0 heterocycles. The molecule has 0 bridgehead atoms. The van der Waals surface area contributed by atoms with Crippen LogP contribution in [0.1, 0.15) is 29.3 Å². The summed E-state index contributed by atoms with van der Waals surface area (Å²) in [6.07, 6.45) is 0.0950. The van der Waals surface area contributed by atoms with Gasteiger partial charge in [-0.15, -0.1) is 0 Å². The second kappa shape index (κ2) is 6.10. The fourth-order valence-electron chi connectivity index (χ4n) is 1.67. The van der Waals surface area contributed by atoms with Crippen LogP contribution in [-0.4, -0.2) is 28.8 Å². The van der Waals surface area contributed by atoms with E-state index in [1.165, 1.54) is 18.9 Å². The first-order valence-electron chi connectivity index (χ1n) is 5.88. The number of hydrogen-bond acceptors (Lipinski definition) is 4. The summed E-state index contributed by atoms with van der Waals surface area (Å²) in [5.41, 5.74) is -0.665. The van der Waals surface area contributed by atoms with Crippen LogP contribution in [0.25, 0.3) is 0 Å². The summed E-state index contributed by atoms with van der Waals surface area (Å²) in [4.78, 5) is 23.4. The van der Waals surface area contributed by atoms with Crippen molar-refractivity contribution in [3.63, 3.8) is 0 Å². The Hall–Kier alpha value is -2.49. The molecule has 1 unspecified atom stereocenters. The number of nitro benzene ring substituents is 1. The van der Waals surface area contributed by atoms with Crippen LogP contribution in [-0.2, 0) is 0 Å². The number of amides is 1. The Morgan fingerprint density at radius 3 is 2.70 bits per heavy atom. The highest BCUT2D eigenvalue weighted by Crippen LogP contribution is 2.22. The Morgan fingerprint density at radius 2 is 2.20 bits per heavy atom. The zero-order valence-electron chi connectivity index (χ0n) is 11.4. The van der Waals surface area contributed by atoms with Crippen molar-refractivity contribution in [3.8, 4) is 6.07 Å². The molecule has 0 aliphatic rings. The first kappa shape index (κ1) is 15.6. The lowest BCUT2D eigenvalue weighted by Crippen LogP contribution is -2.35. The molecule has 0 aromatic heterocycles. The summed E-state index contributed by atoms with van der Waals surface area (Å²) in [5, 5.41) is 19.4. The second-order valence-corrected chi connectivity index (χ2v) is 4.51. The molecule has 1 amide bonds. The number of nitriles is 1. The van der Waals surface area contributed by atoms with Crippen molar-refractivity contribution in [3.05, 3.63) is 39.2 Å². The quantitative estimate of drug-likeness (QED) is 0.625. The molecule has 7 heteroatoms. The van der Waals surface area contributed by atoms with Crippen molar-refractivity contribution >= 4 is 11.6 Å². The molecule has 1 aromatic rings. The topological polar surface area (TPSA) is 87.2 Å². The third kappa shape index (κ3) is 3.09. The molecule has 20 heavy (non-hydrogen) atoms. The lowest BCUT2D eigenvalue weighted by Gasteiger charge is -2.23. The Balaban J connectivity index is 3.22. The van der Waals surface area contributed by atoms with Crippen LogP contribution in [0.4, 0.5) is 10.1 Å². The standard InChI is InChI=1S/C13H14FN3O3/c1-8-6-10(17(19)20)7-11(12(8)14)13(18)16(3)9(2)4-5-15/h6-7,9H,4H2,1-3H3. The third-order valence-corrected chi connectivity index (χ3v) is 3.05. The van der Waals surface area contributed by atoms with Crippen molar-refractivity contribution in [2.24, 2.45) is 0 Å². The molecule has 0 spiro atoms. The SMILES string of the molecule is Cc1cc([N+](=O)[O-])cc(C(=O)N(C)C(C)CC#N)c1F.